The number of nitrogens with zero attached hydrogens (tertiary/aromatic N) is 3. The molecule has 7 heteroatoms. The topological polar surface area (TPSA) is 95.1 Å². The number of nitrogens with two attached hydrogens (primary N) is 1. The molecular weight excluding hydrogens is 222 g/mol. The minimum Gasteiger partial charge on any atom is -0.376 e. The molecule has 1 aliphatic rings. The van der Waals surface area contributed by atoms with Gasteiger partial charge < -0.3 is 15.8 Å². The molecule has 3 N–H and O–H groups in total. The Morgan fingerprint density at radius 2 is 2.59 bits per heavy atom. The molecule has 1 fully saturated rings. The van der Waals surface area contributed by atoms with Crippen LogP contribution in [0.2, 0.25) is 0 Å². The van der Waals surface area contributed by atoms with E-state index in [0.29, 0.717) is 18.8 Å². The molecule has 17 heavy (non-hydrogen) atoms. The highest BCUT2D eigenvalue weighted by Crippen LogP contribution is 2.12. The van der Waals surface area contributed by atoms with Gasteiger partial charge in [-0.05, 0) is 13.3 Å². The van der Waals surface area contributed by atoms with Crippen LogP contribution in [0.25, 0.3) is 0 Å². The van der Waals surface area contributed by atoms with Gasteiger partial charge in [0.05, 0.1) is 24.0 Å². The molecule has 0 spiro atoms. The molecule has 2 atom stereocenters. The summed E-state index contributed by atoms with van der Waals surface area (Å²) < 4.78 is 6.86. The van der Waals surface area contributed by atoms with E-state index in [9.17, 15) is 4.79 Å². The van der Waals surface area contributed by atoms with Gasteiger partial charge in [-0.15, -0.1) is 5.10 Å². The van der Waals surface area contributed by atoms with E-state index in [1.54, 1.807) is 6.20 Å². The van der Waals surface area contributed by atoms with Crippen molar-refractivity contribution in [3.63, 3.8) is 0 Å². The van der Waals surface area contributed by atoms with Gasteiger partial charge in [-0.1, -0.05) is 5.21 Å². The lowest BCUT2D eigenvalue weighted by Gasteiger charge is -2.15. The number of hydrogen-bond acceptors (Lipinski definition) is 5. The molecule has 0 aliphatic carbocycles. The fourth-order valence-corrected chi connectivity index (χ4v) is 1.83. The molecule has 1 aromatic heterocycles. The summed E-state index contributed by atoms with van der Waals surface area (Å²) in [6.45, 7) is 3.15. The number of hydrogen-bond donors (Lipinski definition) is 2. The predicted octanol–water partition coefficient (Wildman–Crippen LogP) is -0.970. The largest absolute Gasteiger partial charge is 0.376 e. The van der Waals surface area contributed by atoms with Crippen LogP contribution in [-0.4, -0.2) is 39.7 Å². The lowest BCUT2D eigenvalue weighted by molar-refractivity contribution is -0.122. The van der Waals surface area contributed by atoms with Crippen LogP contribution >= 0.6 is 0 Å². The third-order valence-corrected chi connectivity index (χ3v) is 2.82. The molecule has 0 saturated carbocycles. The SMILES string of the molecule is CC1OCCC1NC(=O)Cn1cc(CN)nn1. The van der Waals surface area contributed by atoms with Gasteiger partial charge in [0.25, 0.3) is 0 Å². The van der Waals surface area contributed by atoms with E-state index < -0.39 is 0 Å². The van der Waals surface area contributed by atoms with Crippen molar-refractivity contribution >= 4 is 5.91 Å². The highest BCUT2D eigenvalue weighted by Gasteiger charge is 2.25. The summed E-state index contributed by atoms with van der Waals surface area (Å²) in [5.74, 6) is -0.0826. The van der Waals surface area contributed by atoms with E-state index in [2.05, 4.69) is 15.6 Å². The second-order valence-electron chi connectivity index (χ2n) is 4.15. The van der Waals surface area contributed by atoms with Crippen LogP contribution in [0.3, 0.4) is 0 Å². The number of carbonyl (C=O) groups is 1. The maximum absolute atomic E-state index is 11.7. The maximum atomic E-state index is 11.7. The first-order valence-corrected chi connectivity index (χ1v) is 5.69. The van der Waals surface area contributed by atoms with Crippen LogP contribution in [0.4, 0.5) is 0 Å². The average molecular weight is 239 g/mol. The van der Waals surface area contributed by atoms with Crippen molar-refractivity contribution in [2.45, 2.75) is 38.6 Å². The second kappa shape index (κ2) is 5.24. The lowest BCUT2D eigenvalue weighted by Crippen LogP contribution is -2.40. The van der Waals surface area contributed by atoms with Crippen LogP contribution in [0.15, 0.2) is 6.20 Å². The molecule has 2 heterocycles. The monoisotopic (exact) mass is 239 g/mol. The summed E-state index contributed by atoms with van der Waals surface area (Å²) in [4.78, 5) is 11.7. The molecule has 7 nitrogen and oxygen atoms in total. The molecule has 0 bridgehead atoms. The zero-order valence-corrected chi connectivity index (χ0v) is 9.80. The number of ether oxygens (including phenoxy) is 1. The molecular formula is C10H17N5O2. The van der Waals surface area contributed by atoms with E-state index in [1.165, 1.54) is 4.68 Å². The minimum absolute atomic E-state index is 0.0781. The number of carbonyl (C=O) groups excluding carboxylic acids is 1. The molecule has 1 aromatic rings. The van der Waals surface area contributed by atoms with E-state index in [1.807, 2.05) is 6.92 Å². The Bertz CT molecular complexity index is 392. The predicted molar refractivity (Wildman–Crippen MR) is 59.9 cm³/mol. The highest BCUT2D eigenvalue weighted by molar-refractivity contribution is 5.76. The highest BCUT2D eigenvalue weighted by atomic mass is 16.5. The number of aromatic nitrogens is 3. The van der Waals surface area contributed by atoms with Gasteiger partial charge in [-0.25, -0.2) is 4.68 Å². The summed E-state index contributed by atoms with van der Waals surface area (Å²) >= 11 is 0. The van der Waals surface area contributed by atoms with Crippen LogP contribution in [0.1, 0.15) is 19.0 Å². The molecule has 0 aromatic carbocycles. The Morgan fingerprint density at radius 1 is 1.76 bits per heavy atom. The van der Waals surface area contributed by atoms with Crippen molar-refractivity contribution in [3.8, 4) is 0 Å². The normalized spacial score (nSPS) is 23.9. The van der Waals surface area contributed by atoms with Crippen molar-refractivity contribution in [3.05, 3.63) is 11.9 Å². The molecule has 0 radical (unpaired) electrons. The zero-order chi connectivity index (χ0) is 12.3. The first kappa shape index (κ1) is 12.0. The molecule has 1 amide bonds. The van der Waals surface area contributed by atoms with E-state index in [4.69, 9.17) is 10.5 Å². The van der Waals surface area contributed by atoms with Crippen molar-refractivity contribution in [1.82, 2.24) is 20.3 Å². The van der Waals surface area contributed by atoms with Gasteiger partial charge in [0, 0.05) is 13.2 Å². The summed E-state index contributed by atoms with van der Waals surface area (Å²) in [5, 5.41) is 10.6. The minimum atomic E-state index is -0.0826. The van der Waals surface area contributed by atoms with Crippen molar-refractivity contribution < 1.29 is 9.53 Å². The summed E-state index contributed by atoms with van der Waals surface area (Å²) in [6, 6.07) is 0.0972. The quantitative estimate of drug-likeness (QED) is 0.705. The van der Waals surface area contributed by atoms with Gasteiger partial charge in [-0.2, -0.15) is 0 Å². The standard InChI is InChI=1S/C10H17N5O2/c1-7-9(2-3-17-7)12-10(16)6-15-5-8(4-11)13-14-15/h5,7,9H,2-4,6,11H2,1H3,(H,12,16). The Hall–Kier alpha value is -1.47. The first-order chi connectivity index (χ1) is 8.19. The van der Waals surface area contributed by atoms with Gasteiger partial charge in [0.1, 0.15) is 6.54 Å². The Balaban J connectivity index is 1.84. The zero-order valence-electron chi connectivity index (χ0n) is 9.80. The Labute approximate surface area is 99.3 Å². The fraction of sp³-hybridized carbons (Fsp3) is 0.700. The summed E-state index contributed by atoms with van der Waals surface area (Å²) in [6.07, 6.45) is 2.61. The molecule has 2 rings (SSSR count). The van der Waals surface area contributed by atoms with Gasteiger partial charge in [-0.3, -0.25) is 4.79 Å². The van der Waals surface area contributed by atoms with Crippen molar-refractivity contribution in [2.75, 3.05) is 6.61 Å². The third-order valence-electron chi connectivity index (χ3n) is 2.82. The average Bonchev–Trinajstić information content (AvgIpc) is 2.89. The number of rotatable bonds is 4. The van der Waals surface area contributed by atoms with Crippen LogP contribution < -0.4 is 11.1 Å². The Kier molecular flexibility index (Phi) is 3.70. The Morgan fingerprint density at radius 3 is 3.18 bits per heavy atom. The van der Waals surface area contributed by atoms with Gasteiger partial charge >= 0.3 is 0 Å². The number of nitrogens with one attached hydrogen (secondary N) is 1. The van der Waals surface area contributed by atoms with E-state index >= 15 is 0 Å². The molecule has 1 saturated heterocycles. The number of amides is 1. The van der Waals surface area contributed by atoms with Crippen LogP contribution in [-0.2, 0) is 22.6 Å². The van der Waals surface area contributed by atoms with Crippen LogP contribution in [0, 0.1) is 0 Å². The van der Waals surface area contributed by atoms with Gasteiger partial charge in [0.15, 0.2) is 0 Å². The molecule has 2 unspecified atom stereocenters. The first-order valence-electron chi connectivity index (χ1n) is 5.69. The molecule has 94 valence electrons. The smallest absolute Gasteiger partial charge is 0.242 e. The van der Waals surface area contributed by atoms with Crippen LogP contribution in [0.5, 0.6) is 0 Å². The second-order valence-corrected chi connectivity index (χ2v) is 4.15. The summed E-state index contributed by atoms with van der Waals surface area (Å²) in [5.41, 5.74) is 6.09. The fourth-order valence-electron chi connectivity index (χ4n) is 1.83. The maximum Gasteiger partial charge on any atom is 0.242 e. The van der Waals surface area contributed by atoms with E-state index in [0.717, 1.165) is 6.42 Å². The summed E-state index contributed by atoms with van der Waals surface area (Å²) in [7, 11) is 0. The third kappa shape index (κ3) is 3.01. The lowest BCUT2D eigenvalue weighted by atomic mass is 10.1. The van der Waals surface area contributed by atoms with Crippen molar-refractivity contribution in [1.29, 1.82) is 0 Å². The van der Waals surface area contributed by atoms with Gasteiger partial charge in [0.2, 0.25) is 5.91 Å². The van der Waals surface area contributed by atoms with E-state index in [-0.39, 0.29) is 24.6 Å². The molecule has 1 aliphatic heterocycles. The van der Waals surface area contributed by atoms with Crippen molar-refractivity contribution in [2.24, 2.45) is 5.73 Å².